The summed E-state index contributed by atoms with van der Waals surface area (Å²) in [5.41, 5.74) is 4.99. The first kappa shape index (κ1) is 34.3. The quantitative estimate of drug-likeness (QED) is 0.141. The molecule has 0 spiro atoms. The highest BCUT2D eigenvalue weighted by Crippen LogP contribution is 2.26. The number of carbonyl (C=O) groups excluding carboxylic acids is 2. The van der Waals surface area contributed by atoms with Crippen molar-refractivity contribution in [3.05, 3.63) is 133 Å². The molecule has 4 N–H and O–H groups in total. The highest BCUT2D eigenvalue weighted by atomic mass is 16.3. The molecular weight excluding hydrogens is 600 g/mol. The van der Waals surface area contributed by atoms with Crippen LogP contribution in [0.4, 0.5) is 0 Å². The van der Waals surface area contributed by atoms with Crippen LogP contribution in [0.3, 0.4) is 0 Å². The molecule has 2 fully saturated rings. The zero-order valence-corrected chi connectivity index (χ0v) is 27.7. The fourth-order valence-electron chi connectivity index (χ4n) is 6.43. The van der Waals surface area contributed by atoms with Crippen molar-refractivity contribution >= 4 is 17.5 Å². The summed E-state index contributed by atoms with van der Waals surface area (Å²) in [5.74, 6) is 0.351. The van der Waals surface area contributed by atoms with E-state index in [1.165, 1.54) is 19.3 Å². The molecule has 5 rings (SSSR count). The summed E-state index contributed by atoms with van der Waals surface area (Å²) >= 11 is 0. The van der Waals surface area contributed by atoms with E-state index >= 15 is 0 Å². The third-order valence-electron chi connectivity index (χ3n) is 8.94. The molecule has 252 valence electrons. The number of aromatic hydroxyl groups is 1. The molecule has 2 aliphatic heterocycles. The van der Waals surface area contributed by atoms with Gasteiger partial charge in [0, 0.05) is 44.8 Å². The van der Waals surface area contributed by atoms with Crippen LogP contribution in [-0.4, -0.2) is 76.6 Å². The molecular formula is C39H48N6O3. The van der Waals surface area contributed by atoms with Crippen LogP contribution in [-0.2, 0) is 29.1 Å². The van der Waals surface area contributed by atoms with Gasteiger partial charge in [0.15, 0.2) is 0 Å². The van der Waals surface area contributed by atoms with Gasteiger partial charge >= 0.3 is 0 Å². The largest absolute Gasteiger partial charge is 0.508 e. The summed E-state index contributed by atoms with van der Waals surface area (Å²) in [7, 11) is 0. The highest BCUT2D eigenvalue weighted by Gasteiger charge is 2.43. The normalized spacial score (nSPS) is 17.9. The van der Waals surface area contributed by atoms with Crippen LogP contribution in [0.1, 0.15) is 41.5 Å². The number of phenols is 1. The summed E-state index contributed by atoms with van der Waals surface area (Å²) in [5, 5.41) is 19.8. The number of benzene rings is 3. The molecule has 0 saturated carbocycles. The molecule has 9 heteroatoms. The highest BCUT2D eigenvalue weighted by molar-refractivity contribution is 5.90. The first-order chi connectivity index (χ1) is 23.3. The lowest BCUT2D eigenvalue weighted by Gasteiger charge is -2.47. The molecule has 48 heavy (non-hydrogen) atoms. The molecule has 3 aromatic carbocycles. The fourth-order valence-corrected chi connectivity index (χ4v) is 6.43. The molecule has 0 aromatic heterocycles. The Labute approximate surface area is 284 Å². The van der Waals surface area contributed by atoms with Gasteiger partial charge in [-0.15, -0.1) is 6.58 Å². The Balaban J connectivity index is 1.42. The van der Waals surface area contributed by atoms with E-state index in [0.717, 1.165) is 41.0 Å². The molecule has 0 bridgehead atoms. The van der Waals surface area contributed by atoms with Crippen LogP contribution in [0.15, 0.2) is 110 Å². The van der Waals surface area contributed by atoms with E-state index in [1.807, 2.05) is 47.4 Å². The minimum absolute atomic E-state index is 0.0497. The van der Waals surface area contributed by atoms with Gasteiger partial charge in [-0.05, 0) is 59.7 Å². The second-order valence-electron chi connectivity index (χ2n) is 12.5. The van der Waals surface area contributed by atoms with Gasteiger partial charge in [0.2, 0.25) is 11.8 Å². The standard InChI is InChI=1S/C39H48N6O3/c1-4-20-40-26-38(47)45-36(24-31-16-18-35(46)19-17-31)39(48)44(28-37(45)42-30(3)41-25-32-12-7-5-8-13-32)27-33-14-11-15-34(23-33)29(2)43-21-9-6-10-22-43/h4-5,7-8,11-19,23,36-37,40-42,46H,1-3,6,9-10,20-22,24-28H2. The number of likely N-dealkylation sites (tertiary alicyclic amines) is 1. The number of piperazine rings is 1. The summed E-state index contributed by atoms with van der Waals surface area (Å²) in [4.78, 5) is 34.1. The molecule has 0 aliphatic carbocycles. The van der Waals surface area contributed by atoms with E-state index in [9.17, 15) is 14.7 Å². The second kappa shape index (κ2) is 16.7. The Morgan fingerprint density at radius 1 is 0.917 bits per heavy atom. The van der Waals surface area contributed by atoms with Crippen molar-refractivity contribution in [2.24, 2.45) is 0 Å². The number of hydrogen-bond donors (Lipinski definition) is 4. The van der Waals surface area contributed by atoms with Crippen molar-refractivity contribution in [1.82, 2.24) is 30.7 Å². The Morgan fingerprint density at radius 2 is 1.65 bits per heavy atom. The van der Waals surface area contributed by atoms with Crippen molar-refractivity contribution < 1.29 is 14.7 Å². The van der Waals surface area contributed by atoms with Crippen molar-refractivity contribution in [3.63, 3.8) is 0 Å². The van der Waals surface area contributed by atoms with Gasteiger partial charge in [-0.25, -0.2) is 0 Å². The predicted molar refractivity (Wildman–Crippen MR) is 191 cm³/mol. The number of hydrogen-bond acceptors (Lipinski definition) is 7. The molecule has 0 radical (unpaired) electrons. The van der Waals surface area contributed by atoms with Crippen LogP contribution >= 0.6 is 0 Å². The predicted octanol–water partition coefficient (Wildman–Crippen LogP) is 4.58. The lowest BCUT2D eigenvalue weighted by molar-refractivity contribution is -0.157. The monoisotopic (exact) mass is 648 g/mol. The van der Waals surface area contributed by atoms with E-state index in [-0.39, 0.29) is 37.1 Å². The minimum atomic E-state index is -0.785. The van der Waals surface area contributed by atoms with E-state index in [2.05, 4.69) is 52.7 Å². The number of phenolic OH excluding ortho intramolecular Hbond substituents is 1. The molecule has 2 unspecified atom stereocenters. The number of amides is 2. The van der Waals surface area contributed by atoms with E-state index in [1.54, 1.807) is 35.2 Å². The van der Waals surface area contributed by atoms with Crippen LogP contribution in [0.5, 0.6) is 5.75 Å². The zero-order valence-electron chi connectivity index (χ0n) is 27.7. The van der Waals surface area contributed by atoms with Crippen molar-refractivity contribution in [3.8, 4) is 5.75 Å². The first-order valence-electron chi connectivity index (χ1n) is 16.8. The van der Waals surface area contributed by atoms with Crippen LogP contribution in [0.2, 0.25) is 0 Å². The van der Waals surface area contributed by atoms with Gasteiger partial charge in [-0.2, -0.15) is 0 Å². The first-order valence-corrected chi connectivity index (χ1v) is 16.8. The Hall–Kier alpha value is -5.02. The van der Waals surface area contributed by atoms with Crippen molar-refractivity contribution in [2.75, 3.05) is 32.7 Å². The van der Waals surface area contributed by atoms with Gasteiger partial charge in [-0.1, -0.05) is 79.9 Å². The van der Waals surface area contributed by atoms with Crippen LogP contribution < -0.4 is 16.0 Å². The smallest absolute Gasteiger partial charge is 0.246 e. The Bertz CT molecular complexity index is 1570. The Kier molecular flexibility index (Phi) is 11.9. The third kappa shape index (κ3) is 9.07. The number of rotatable bonds is 15. The van der Waals surface area contributed by atoms with Crippen molar-refractivity contribution in [1.29, 1.82) is 0 Å². The molecule has 2 aliphatic rings. The number of carbonyl (C=O) groups is 2. The maximum atomic E-state index is 14.4. The van der Waals surface area contributed by atoms with Crippen LogP contribution in [0, 0.1) is 0 Å². The SMILES string of the molecule is C=CCNCC(=O)N1C(NC(=C)NCc2ccccc2)CN(Cc2cccc(C(=C)N3CCCCC3)c2)C(=O)C1Cc1ccc(O)cc1. The summed E-state index contributed by atoms with van der Waals surface area (Å²) in [6, 6.07) is 24.3. The average molecular weight is 649 g/mol. The van der Waals surface area contributed by atoms with E-state index in [4.69, 9.17) is 0 Å². The van der Waals surface area contributed by atoms with E-state index in [0.29, 0.717) is 25.5 Å². The van der Waals surface area contributed by atoms with Gasteiger partial charge < -0.3 is 35.8 Å². The number of nitrogens with one attached hydrogen (secondary N) is 3. The van der Waals surface area contributed by atoms with E-state index < -0.39 is 12.2 Å². The van der Waals surface area contributed by atoms with Gasteiger partial charge in [0.05, 0.1) is 18.9 Å². The molecule has 2 atom stereocenters. The Morgan fingerprint density at radius 3 is 2.38 bits per heavy atom. The number of piperidine rings is 1. The zero-order chi connectivity index (χ0) is 33.9. The average Bonchev–Trinajstić information content (AvgIpc) is 3.11. The molecule has 3 aromatic rings. The fraction of sp³-hybridized carbons (Fsp3) is 0.333. The maximum absolute atomic E-state index is 14.4. The van der Waals surface area contributed by atoms with Gasteiger partial charge in [0.25, 0.3) is 0 Å². The molecule has 2 amide bonds. The molecule has 2 saturated heterocycles. The maximum Gasteiger partial charge on any atom is 0.246 e. The summed E-state index contributed by atoms with van der Waals surface area (Å²) < 4.78 is 0. The molecule has 2 heterocycles. The van der Waals surface area contributed by atoms with Gasteiger partial charge in [-0.3, -0.25) is 9.59 Å². The minimum Gasteiger partial charge on any atom is -0.508 e. The molecule has 9 nitrogen and oxygen atoms in total. The summed E-state index contributed by atoms with van der Waals surface area (Å²) in [6.07, 6.45) is 5.02. The lowest BCUT2D eigenvalue weighted by atomic mass is 9.98. The lowest BCUT2D eigenvalue weighted by Crippen LogP contribution is -2.68. The second-order valence-corrected chi connectivity index (χ2v) is 12.5. The van der Waals surface area contributed by atoms with Crippen LogP contribution in [0.25, 0.3) is 5.70 Å². The number of nitrogens with zero attached hydrogens (tertiary/aromatic N) is 3. The van der Waals surface area contributed by atoms with Gasteiger partial charge in [0.1, 0.15) is 18.0 Å². The topological polar surface area (TPSA) is 100 Å². The summed E-state index contributed by atoms with van der Waals surface area (Å²) in [6.45, 7) is 16.1. The third-order valence-corrected chi connectivity index (χ3v) is 8.94. The van der Waals surface area contributed by atoms with Crippen molar-refractivity contribution in [2.45, 2.75) is 51.0 Å².